The number of benzene rings is 2. The third-order valence-corrected chi connectivity index (χ3v) is 3.65. The van der Waals surface area contributed by atoms with Gasteiger partial charge >= 0.3 is 6.18 Å². The monoisotopic (exact) mass is 356 g/mol. The molecule has 0 aliphatic carbocycles. The SMILES string of the molecule is CCc1ccc(C(=O)c2ccc(Br)cc2C(F)(F)F)cc1. The molecule has 0 unspecified atom stereocenters. The van der Waals surface area contributed by atoms with Crippen molar-refractivity contribution in [2.24, 2.45) is 0 Å². The molecule has 0 radical (unpaired) electrons. The number of ketones is 1. The van der Waals surface area contributed by atoms with Gasteiger partial charge in [0.1, 0.15) is 0 Å². The van der Waals surface area contributed by atoms with E-state index < -0.39 is 17.5 Å². The van der Waals surface area contributed by atoms with Gasteiger partial charge < -0.3 is 0 Å². The van der Waals surface area contributed by atoms with E-state index in [4.69, 9.17) is 0 Å². The topological polar surface area (TPSA) is 17.1 Å². The number of alkyl halides is 3. The molecule has 0 aliphatic rings. The van der Waals surface area contributed by atoms with Gasteiger partial charge in [-0.05, 0) is 30.2 Å². The van der Waals surface area contributed by atoms with Crippen molar-refractivity contribution < 1.29 is 18.0 Å². The van der Waals surface area contributed by atoms with Crippen LogP contribution in [-0.4, -0.2) is 5.78 Å². The van der Waals surface area contributed by atoms with Gasteiger partial charge in [-0.3, -0.25) is 4.79 Å². The Morgan fingerprint density at radius 2 is 1.71 bits per heavy atom. The van der Waals surface area contributed by atoms with Crippen LogP contribution in [0.25, 0.3) is 0 Å². The molecule has 0 aliphatic heterocycles. The van der Waals surface area contributed by atoms with Crippen LogP contribution < -0.4 is 0 Å². The fraction of sp³-hybridized carbons (Fsp3) is 0.188. The van der Waals surface area contributed by atoms with Crippen LogP contribution in [0.1, 0.15) is 34.0 Å². The first-order chi connectivity index (χ1) is 9.82. The normalized spacial score (nSPS) is 11.5. The fourth-order valence-electron chi connectivity index (χ4n) is 2.00. The van der Waals surface area contributed by atoms with E-state index in [0.29, 0.717) is 0 Å². The van der Waals surface area contributed by atoms with Crippen molar-refractivity contribution in [3.8, 4) is 0 Å². The smallest absolute Gasteiger partial charge is 0.289 e. The number of carbonyl (C=O) groups is 1. The molecule has 0 amide bonds. The molecule has 0 atom stereocenters. The first-order valence-corrected chi connectivity index (χ1v) is 7.12. The molecular weight excluding hydrogens is 345 g/mol. The van der Waals surface area contributed by atoms with Gasteiger partial charge in [-0.2, -0.15) is 13.2 Å². The van der Waals surface area contributed by atoms with Crippen molar-refractivity contribution in [3.63, 3.8) is 0 Å². The van der Waals surface area contributed by atoms with E-state index in [1.165, 1.54) is 12.1 Å². The van der Waals surface area contributed by atoms with Crippen LogP contribution in [0.2, 0.25) is 0 Å². The molecule has 21 heavy (non-hydrogen) atoms. The molecule has 110 valence electrons. The minimum Gasteiger partial charge on any atom is -0.289 e. The minimum atomic E-state index is -4.57. The van der Waals surface area contributed by atoms with Gasteiger partial charge in [-0.15, -0.1) is 0 Å². The molecule has 0 N–H and O–H groups in total. The van der Waals surface area contributed by atoms with Crippen LogP contribution in [0.4, 0.5) is 13.2 Å². The summed E-state index contributed by atoms with van der Waals surface area (Å²) in [5.41, 5.74) is 0.00909. The maximum Gasteiger partial charge on any atom is 0.417 e. The highest BCUT2D eigenvalue weighted by Gasteiger charge is 2.35. The number of rotatable bonds is 3. The lowest BCUT2D eigenvalue weighted by atomic mass is 9.97. The van der Waals surface area contributed by atoms with Crippen molar-refractivity contribution in [1.82, 2.24) is 0 Å². The van der Waals surface area contributed by atoms with Crippen LogP contribution in [0, 0.1) is 0 Å². The Balaban J connectivity index is 2.47. The van der Waals surface area contributed by atoms with Gasteiger partial charge in [0.25, 0.3) is 0 Å². The van der Waals surface area contributed by atoms with Crippen molar-refractivity contribution in [1.29, 1.82) is 0 Å². The number of halogens is 4. The summed E-state index contributed by atoms with van der Waals surface area (Å²) < 4.78 is 39.4. The van der Waals surface area contributed by atoms with Gasteiger partial charge in [0.2, 0.25) is 0 Å². The third kappa shape index (κ3) is 3.53. The Morgan fingerprint density at radius 3 is 2.24 bits per heavy atom. The molecule has 1 nitrogen and oxygen atoms in total. The molecular formula is C16H12BrF3O. The van der Waals surface area contributed by atoms with E-state index >= 15 is 0 Å². The molecule has 0 saturated carbocycles. The zero-order valence-corrected chi connectivity index (χ0v) is 12.8. The maximum atomic E-state index is 13.1. The molecule has 2 rings (SSSR count). The highest BCUT2D eigenvalue weighted by atomic mass is 79.9. The molecule has 5 heteroatoms. The summed E-state index contributed by atoms with van der Waals surface area (Å²) in [5.74, 6) is -0.627. The second kappa shape index (κ2) is 6.02. The maximum absolute atomic E-state index is 13.1. The van der Waals surface area contributed by atoms with Crippen LogP contribution in [0.15, 0.2) is 46.9 Å². The zero-order chi connectivity index (χ0) is 15.6. The highest BCUT2D eigenvalue weighted by molar-refractivity contribution is 9.10. The lowest BCUT2D eigenvalue weighted by molar-refractivity contribution is -0.137. The predicted octanol–water partition coefficient (Wildman–Crippen LogP) is 5.26. The van der Waals surface area contributed by atoms with Crippen molar-refractivity contribution in [3.05, 3.63) is 69.2 Å². The molecule has 0 fully saturated rings. The zero-order valence-electron chi connectivity index (χ0n) is 11.2. The van der Waals surface area contributed by atoms with Gasteiger partial charge in [-0.25, -0.2) is 0 Å². The first kappa shape index (κ1) is 15.8. The van der Waals surface area contributed by atoms with Crippen molar-refractivity contribution in [2.75, 3.05) is 0 Å². The van der Waals surface area contributed by atoms with Crippen molar-refractivity contribution >= 4 is 21.7 Å². The molecule has 2 aromatic rings. The Bertz CT molecular complexity index is 660. The van der Waals surface area contributed by atoms with Gasteiger partial charge in [-0.1, -0.05) is 47.1 Å². The summed E-state index contributed by atoms with van der Waals surface area (Å²) in [4.78, 5) is 12.3. The van der Waals surface area contributed by atoms with E-state index in [9.17, 15) is 18.0 Å². The van der Waals surface area contributed by atoms with Gasteiger partial charge in [0.05, 0.1) is 5.56 Å². The molecule has 0 aromatic heterocycles. The van der Waals surface area contributed by atoms with Crippen LogP contribution in [-0.2, 0) is 12.6 Å². The average molecular weight is 357 g/mol. The lowest BCUT2D eigenvalue weighted by Crippen LogP contribution is -2.14. The molecule has 0 bridgehead atoms. The standard InChI is InChI=1S/C16H12BrF3O/c1-2-10-3-5-11(6-4-10)15(21)13-8-7-12(17)9-14(13)16(18,19)20/h3-9H,2H2,1H3. The van der Waals surface area contributed by atoms with Crippen LogP contribution in [0.5, 0.6) is 0 Å². The highest BCUT2D eigenvalue weighted by Crippen LogP contribution is 2.34. The Morgan fingerprint density at radius 1 is 1.10 bits per heavy atom. The van der Waals surface area contributed by atoms with E-state index in [1.54, 1.807) is 24.3 Å². The van der Waals surface area contributed by atoms with E-state index in [0.717, 1.165) is 18.1 Å². The fourth-order valence-corrected chi connectivity index (χ4v) is 2.36. The predicted molar refractivity (Wildman–Crippen MR) is 78.4 cm³/mol. The van der Waals surface area contributed by atoms with Crippen LogP contribution in [0.3, 0.4) is 0 Å². The average Bonchev–Trinajstić information content (AvgIpc) is 2.45. The second-order valence-corrected chi connectivity index (χ2v) is 5.48. The lowest BCUT2D eigenvalue weighted by Gasteiger charge is -2.12. The summed E-state index contributed by atoms with van der Waals surface area (Å²) in [5, 5.41) is 0. The minimum absolute atomic E-state index is 0.250. The molecule has 0 saturated heterocycles. The Hall–Kier alpha value is -1.62. The first-order valence-electron chi connectivity index (χ1n) is 6.33. The molecule has 0 spiro atoms. The summed E-state index contributed by atoms with van der Waals surface area (Å²) >= 11 is 3.00. The van der Waals surface area contributed by atoms with E-state index in [-0.39, 0.29) is 15.6 Å². The third-order valence-electron chi connectivity index (χ3n) is 3.16. The summed E-state index contributed by atoms with van der Waals surface area (Å²) in [7, 11) is 0. The summed E-state index contributed by atoms with van der Waals surface area (Å²) in [6.45, 7) is 1.97. The summed E-state index contributed by atoms with van der Waals surface area (Å²) in [6.07, 6.45) is -3.77. The largest absolute Gasteiger partial charge is 0.417 e. The van der Waals surface area contributed by atoms with E-state index in [1.807, 2.05) is 6.92 Å². The summed E-state index contributed by atoms with van der Waals surface area (Å²) in [6, 6.07) is 10.2. The number of carbonyl (C=O) groups excluding carboxylic acids is 1. The quantitative estimate of drug-likeness (QED) is 0.685. The second-order valence-electron chi connectivity index (χ2n) is 4.57. The number of aryl methyl sites for hydroxylation is 1. The molecule has 2 aromatic carbocycles. The van der Waals surface area contributed by atoms with E-state index in [2.05, 4.69) is 15.9 Å². The molecule has 0 heterocycles. The number of hydrogen-bond donors (Lipinski definition) is 0. The Kier molecular flexibility index (Phi) is 4.52. The Labute approximate surface area is 128 Å². The van der Waals surface area contributed by atoms with Gasteiger partial charge in [0.15, 0.2) is 5.78 Å². The van der Waals surface area contributed by atoms with Crippen molar-refractivity contribution in [2.45, 2.75) is 19.5 Å². The van der Waals surface area contributed by atoms with Crippen LogP contribution >= 0.6 is 15.9 Å². The number of hydrogen-bond acceptors (Lipinski definition) is 1. The van der Waals surface area contributed by atoms with Gasteiger partial charge in [0, 0.05) is 15.6 Å².